The number of carbonyl (C=O) groups is 2. The Kier molecular flexibility index (Phi) is 4.97. The summed E-state index contributed by atoms with van der Waals surface area (Å²) in [5.41, 5.74) is 3.68. The lowest BCUT2D eigenvalue weighted by atomic mass is 10.1. The summed E-state index contributed by atoms with van der Waals surface area (Å²) in [6, 6.07) is 14.8. The van der Waals surface area contributed by atoms with Crippen LogP contribution in [0.25, 0.3) is 11.0 Å². The molecule has 2 aromatic carbocycles. The lowest BCUT2D eigenvalue weighted by Crippen LogP contribution is -2.55. The number of fused-ring (bicyclic) bond motifs is 3. The molecule has 5 heteroatoms. The Bertz CT molecular complexity index is 1110. The summed E-state index contributed by atoms with van der Waals surface area (Å²) in [7, 11) is -2.02. The smallest absolute Gasteiger partial charge is 0.266 e. The molecule has 1 aliphatic heterocycles. The zero-order valence-electron chi connectivity index (χ0n) is 18.5. The van der Waals surface area contributed by atoms with Crippen molar-refractivity contribution < 1.29 is 14.0 Å². The number of amides is 2. The molecule has 0 saturated carbocycles. The maximum atomic E-state index is 13.4. The molecule has 0 atom stereocenters. The first kappa shape index (κ1) is 20.6. The Labute approximate surface area is 178 Å². The van der Waals surface area contributed by atoms with Crippen molar-refractivity contribution in [3.05, 3.63) is 59.7 Å². The molecule has 1 aromatic heterocycles. The van der Waals surface area contributed by atoms with Crippen LogP contribution in [0.5, 0.6) is 0 Å². The van der Waals surface area contributed by atoms with Crippen LogP contribution in [-0.4, -0.2) is 19.9 Å². The van der Waals surface area contributed by atoms with Crippen LogP contribution in [0.1, 0.15) is 62.3 Å². The van der Waals surface area contributed by atoms with Crippen LogP contribution in [0.2, 0.25) is 16.6 Å². The molecule has 0 radical (unpaired) electrons. The second kappa shape index (κ2) is 7.24. The third-order valence-corrected chi connectivity index (χ3v) is 13.7. The molecule has 30 heavy (non-hydrogen) atoms. The zero-order chi connectivity index (χ0) is 21.8. The lowest BCUT2D eigenvalue weighted by Gasteiger charge is -2.40. The van der Waals surface area contributed by atoms with Gasteiger partial charge in [-0.1, -0.05) is 59.7 Å². The zero-order valence-corrected chi connectivity index (χ0v) is 19.5. The number of anilines is 1. The number of rotatable bonds is 5. The molecule has 0 unspecified atom stereocenters. The maximum Gasteiger partial charge on any atom is 0.266 e. The van der Waals surface area contributed by atoms with Gasteiger partial charge in [0, 0.05) is 5.39 Å². The van der Waals surface area contributed by atoms with Gasteiger partial charge in [0.15, 0.2) is 0 Å². The van der Waals surface area contributed by atoms with Crippen molar-refractivity contribution in [2.45, 2.75) is 58.2 Å². The molecule has 156 valence electrons. The van der Waals surface area contributed by atoms with Crippen LogP contribution in [0.3, 0.4) is 0 Å². The summed E-state index contributed by atoms with van der Waals surface area (Å²) in [6.07, 6.45) is 0. The molecule has 1 aliphatic rings. The van der Waals surface area contributed by atoms with Crippen molar-refractivity contribution in [1.29, 1.82) is 0 Å². The first-order valence-corrected chi connectivity index (χ1v) is 12.9. The van der Waals surface area contributed by atoms with Gasteiger partial charge in [-0.3, -0.25) is 9.59 Å². The highest BCUT2D eigenvalue weighted by Gasteiger charge is 2.48. The first-order chi connectivity index (χ1) is 14.2. The van der Waals surface area contributed by atoms with E-state index in [1.807, 2.05) is 24.3 Å². The molecule has 0 N–H and O–H groups in total. The number of carbonyl (C=O) groups excluding carboxylic acids is 2. The molecule has 3 aromatic rings. The van der Waals surface area contributed by atoms with E-state index in [1.54, 1.807) is 18.2 Å². The lowest BCUT2D eigenvalue weighted by molar-refractivity contribution is 0.0926. The monoisotopic (exact) mass is 419 g/mol. The van der Waals surface area contributed by atoms with Gasteiger partial charge in [-0.25, -0.2) is 4.90 Å². The Morgan fingerprint density at radius 3 is 1.97 bits per heavy atom. The summed E-state index contributed by atoms with van der Waals surface area (Å²) in [5, 5.41) is 1.79. The van der Waals surface area contributed by atoms with Crippen molar-refractivity contribution in [3.63, 3.8) is 0 Å². The summed E-state index contributed by atoms with van der Waals surface area (Å²) >= 11 is 0. The summed E-state index contributed by atoms with van der Waals surface area (Å²) in [4.78, 5) is 27.7. The highest BCUT2D eigenvalue weighted by Crippen LogP contribution is 2.43. The Hall–Kier alpha value is -2.66. The average Bonchev–Trinajstić information content (AvgIpc) is 3.21. The summed E-state index contributed by atoms with van der Waals surface area (Å²) < 4.78 is 6.45. The van der Waals surface area contributed by atoms with E-state index in [0.29, 0.717) is 39.0 Å². The number of imide groups is 1. The first-order valence-electron chi connectivity index (χ1n) is 10.7. The highest BCUT2D eigenvalue weighted by molar-refractivity contribution is 6.94. The van der Waals surface area contributed by atoms with E-state index in [0.717, 1.165) is 10.8 Å². The fraction of sp³-hybridized carbons (Fsp3) is 0.360. The average molecular weight is 420 g/mol. The van der Waals surface area contributed by atoms with Crippen LogP contribution in [0, 0.1) is 0 Å². The molecule has 2 heterocycles. The van der Waals surface area contributed by atoms with Gasteiger partial charge in [-0.2, -0.15) is 0 Å². The fourth-order valence-corrected chi connectivity index (χ4v) is 12.1. The maximum absolute atomic E-state index is 13.4. The van der Waals surface area contributed by atoms with Crippen molar-refractivity contribution in [3.8, 4) is 0 Å². The normalized spacial score (nSPS) is 14.6. The van der Waals surface area contributed by atoms with Gasteiger partial charge < -0.3 is 4.42 Å². The van der Waals surface area contributed by atoms with Crippen molar-refractivity contribution >= 4 is 41.9 Å². The van der Waals surface area contributed by atoms with Crippen LogP contribution >= 0.6 is 0 Å². The third kappa shape index (κ3) is 2.72. The van der Waals surface area contributed by atoms with Crippen LogP contribution in [0.15, 0.2) is 52.9 Å². The van der Waals surface area contributed by atoms with E-state index >= 15 is 0 Å². The number of hydrogen-bond donors (Lipinski definition) is 0. The van der Waals surface area contributed by atoms with Crippen molar-refractivity contribution in [1.82, 2.24) is 0 Å². The van der Waals surface area contributed by atoms with Crippen molar-refractivity contribution in [2.75, 3.05) is 4.90 Å². The summed E-state index contributed by atoms with van der Waals surface area (Å²) in [5.74, 6) is -0.545. The van der Waals surface area contributed by atoms with E-state index in [9.17, 15) is 9.59 Å². The van der Waals surface area contributed by atoms with Gasteiger partial charge >= 0.3 is 0 Å². The minimum absolute atomic E-state index is 0.272. The minimum Gasteiger partial charge on any atom is -0.466 e. The quantitative estimate of drug-likeness (QED) is 0.370. The topological polar surface area (TPSA) is 50.5 Å². The van der Waals surface area contributed by atoms with Gasteiger partial charge in [0.05, 0.1) is 22.2 Å². The number of nitrogens with zero attached hydrogens (tertiary/aromatic N) is 1. The number of benzene rings is 2. The molecular weight excluding hydrogens is 390 g/mol. The molecule has 4 nitrogen and oxygen atoms in total. The molecule has 4 rings (SSSR count). The Balaban J connectivity index is 1.92. The predicted octanol–water partition coefficient (Wildman–Crippen LogP) is 6.12. The standard InChI is InChI=1S/C25H29NO3Si/c1-15(2)30(16(3)4,17(5)6)22-14-20-21(29-22)13-12-19-23(20)25(28)26(24(19)27)18-10-8-7-9-11-18/h7-17H,1-6H3. The predicted molar refractivity (Wildman–Crippen MR) is 124 cm³/mol. The van der Waals surface area contributed by atoms with Gasteiger partial charge in [0.1, 0.15) is 13.7 Å². The molecule has 2 amide bonds. The second-order valence-electron chi connectivity index (χ2n) is 9.19. The largest absolute Gasteiger partial charge is 0.466 e. The van der Waals surface area contributed by atoms with Gasteiger partial charge in [-0.05, 0) is 47.0 Å². The molecule has 0 bridgehead atoms. The SMILES string of the molecule is CC(C)[Si](c1cc2c3c(ccc2o1)C(=O)N(c1ccccc1)C3=O)(C(C)C)C(C)C. The van der Waals surface area contributed by atoms with E-state index in [-0.39, 0.29) is 11.8 Å². The van der Waals surface area contributed by atoms with E-state index in [1.165, 1.54) is 4.90 Å². The molecule has 0 saturated heterocycles. The Morgan fingerprint density at radius 2 is 1.40 bits per heavy atom. The van der Waals surface area contributed by atoms with Gasteiger partial charge in [-0.15, -0.1) is 0 Å². The number of furan rings is 1. The Morgan fingerprint density at radius 1 is 0.800 bits per heavy atom. The molecule has 0 aliphatic carbocycles. The van der Waals surface area contributed by atoms with E-state index in [2.05, 4.69) is 47.6 Å². The molecule has 0 spiro atoms. The van der Waals surface area contributed by atoms with Crippen LogP contribution in [-0.2, 0) is 0 Å². The highest BCUT2D eigenvalue weighted by atomic mass is 28.3. The van der Waals surface area contributed by atoms with Gasteiger partial charge in [0.25, 0.3) is 11.8 Å². The number of hydrogen-bond acceptors (Lipinski definition) is 3. The van der Waals surface area contributed by atoms with Crippen LogP contribution < -0.4 is 10.3 Å². The van der Waals surface area contributed by atoms with Gasteiger partial charge in [0.2, 0.25) is 0 Å². The number of para-hydroxylation sites is 1. The van der Waals surface area contributed by atoms with Crippen LogP contribution in [0.4, 0.5) is 5.69 Å². The minimum atomic E-state index is -2.02. The third-order valence-electron chi connectivity index (χ3n) is 6.86. The molecular formula is C25H29NO3Si. The second-order valence-corrected chi connectivity index (χ2v) is 15.0. The van der Waals surface area contributed by atoms with Crippen molar-refractivity contribution in [2.24, 2.45) is 0 Å². The molecule has 0 fully saturated rings. The van der Waals surface area contributed by atoms with E-state index < -0.39 is 8.07 Å². The summed E-state index contributed by atoms with van der Waals surface area (Å²) in [6.45, 7) is 13.7. The van der Waals surface area contributed by atoms with E-state index in [4.69, 9.17) is 4.42 Å². The fourth-order valence-electron chi connectivity index (χ4n) is 5.72.